The van der Waals surface area contributed by atoms with E-state index < -0.39 is 5.97 Å². The summed E-state index contributed by atoms with van der Waals surface area (Å²) in [4.78, 5) is 29.3. The Morgan fingerprint density at radius 3 is 2.39 bits per heavy atom. The van der Waals surface area contributed by atoms with Gasteiger partial charge in [0, 0.05) is 26.2 Å². The standard InChI is InChI=1S/C24H31N3O4/c1-5-26-10-12-27(13-11-26)22-9-7-19(24(29)30-4)15-21(22)25-23(28)16-31-20-8-6-17(2)18(3)14-20/h6-9,14-15H,5,10-13,16H2,1-4H3,(H,25,28). The van der Waals surface area contributed by atoms with E-state index >= 15 is 0 Å². The maximum atomic E-state index is 12.6. The van der Waals surface area contributed by atoms with Crippen molar-refractivity contribution in [2.24, 2.45) is 0 Å². The molecule has 1 heterocycles. The van der Waals surface area contributed by atoms with Crippen molar-refractivity contribution in [2.75, 3.05) is 56.7 Å². The van der Waals surface area contributed by atoms with Crippen molar-refractivity contribution < 1.29 is 19.1 Å². The van der Waals surface area contributed by atoms with Crippen molar-refractivity contribution in [2.45, 2.75) is 20.8 Å². The fraction of sp³-hybridized carbons (Fsp3) is 0.417. The van der Waals surface area contributed by atoms with E-state index in [2.05, 4.69) is 22.0 Å². The SMILES string of the molecule is CCN1CCN(c2ccc(C(=O)OC)cc2NC(=O)COc2ccc(C)c(C)c2)CC1. The maximum Gasteiger partial charge on any atom is 0.337 e. The number of piperazine rings is 1. The fourth-order valence-electron chi connectivity index (χ4n) is 3.60. The van der Waals surface area contributed by atoms with Crippen molar-refractivity contribution in [1.29, 1.82) is 0 Å². The monoisotopic (exact) mass is 425 g/mol. The average molecular weight is 426 g/mol. The second-order valence-electron chi connectivity index (χ2n) is 7.73. The molecule has 1 saturated heterocycles. The van der Waals surface area contributed by atoms with Crippen LogP contribution in [0.2, 0.25) is 0 Å². The van der Waals surface area contributed by atoms with Gasteiger partial charge in [0.1, 0.15) is 5.75 Å². The predicted molar refractivity (Wildman–Crippen MR) is 122 cm³/mol. The highest BCUT2D eigenvalue weighted by Crippen LogP contribution is 2.29. The lowest BCUT2D eigenvalue weighted by Crippen LogP contribution is -2.46. The Hall–Kier alpha value is -3.06. The minimum Gasteiger partial charge on any atom is -0.484 e. The highest BCUT2D eigenvalue weighted by molar-refractivity contribution is 5.98. The summed E-state index contributed by atoms with van der Waals surface area (Å²) in [6.45, 7) is 10.7. The Labute approximate surface area is 183 Å². The molecule has 2 aromatic rings. The van der Waals surface area contributed by atoms with Crippen LogP contribution in [-0.2, 0) is 9.53 Å². The molecule has 1 amide bonds. The Morgan fingerprint density at radius 2 is 1.74 bits per heavy atom. The molecule has 7 nitrogen and oxygen atoms in total. The number of carbonyl (C=O) groups excluding carboxylic acids is 2. The van der Waals surface area contributed by atoms with Crippen LogP contribution >= 0.6 is 0 Å². The van der Waals surface area contributed by atoms with E-state index in [1.807, 2.05) is 38.1 Å². The van der Waals surface area contributed by atoms with E-state index in [9.17, 15) is 9.59 Å². The quantitative estimate of drug-likeness (QED) is 0.687. The van der Waals surface area contributed by atoms with Gasteiger partial charge in [0.15, 0.2) is 6.61 Å². The Kier molecular flexibility index (Phi) is 7.52. The fourth-order valence-corrected chi connectivity index (χ4v) is 3.60. The number of hydrogen-bond acceptors (Lipinski definition) is 6. The van der Waals surface area contributed by atoms with E-state index in [1.165, 1.54) is 12.7 Å². The molecular formula is C24H31N3O4. The number of amides is 1. The Morgan fingerprint density at radius 1 is 1.00 bits per heavy atom. The van der Waals surface area contributed by atoms with Gasteiger partial charge in [-0.05, 0) is 61.9 Å². The molecule has 31 heavy (non-hydrogen) atoms. The normalized spacial score (nSPS) is 14.3. The van der Waals surface area contributed by atoms with Gasteiger partial charge < -0.3 is 24.6 Å². The number of hydrogen-bond donors (Lipinski definition) is 1. The zero-order valence-electron chi connectivity index (χ0n) is 18.7. The molecule has 0 atom stereocenters. The van der Waals surface area contributed by atoms with Crippen LogP contribution in [0.25, 0.3) is 0 Å². The number of rotatable bonds is 7. The van der Waals surface area contributed by atoms with Gasteiger partial charge in [-0.1, -0.05) is 13.0 Å². The number of methoxy groups -OCH3 is 1. The summed E-state index contributed by atoms with van der Waals surface area (Å²) >= 11 is 0. The van der Waals surface area contributed by atoms with Crippen LogP contribution in [0, 0.1) is 13.8 Å². The Bertz CT molecular complexity index is 936. The van der Waals surface area contributed by atoms with Gasteiger partial charge in [0.05, 0.1) is 24.0 Å². The van der Waals surface area contributed by atoms with Crippen LogP contribution in [0.1, 0.15) is 28.4 Å². The predicted octanol–water partition coefficient (Wildman–Crippen LogP) is 3.25. The van der Waals surface area contributed by atoms with E-state index in [4.69, 9.17) is 9.47 Å². The Balaban J connectivity index is 1.74. The van der Waals surface area contributed by atoms with E-state index in [0.717, 1.165) is 44.0 Å². The second-order valence-corrected chi connectivity index (χ2v) is 7.73. The third-order valence-corrected chi connectivity index (χ3v) is 5.70. The first-order valence-corrected chi connectivity index (χ1v) is 10.6. The van der Waals surface area contributed by atoms with Gasteiger partial charge in [0.25, 0.3) is 5.91 Å². The van der Waals surface area contributed by atoms with Crippen molar-refractivity contribution in [3.63, 3.8) is 0 Å². The molecule has 1 aliphatic rings. The van der Waals surface area contributed by atoms with E-state index in [0.29, 0.717) is 17.0 Å². The molecule has 0 unspecified atom stereocenters. The number of nitrogens with one attached hydrogen (secondary N) is 1. The minimum atomic E-state index is -0.441. The topological polar surface area (TPSA) is 71.1 Å². The van der Waals surface area contributed by atoms with Crippen molar-refractivity contribution >= 4 is 23.3 Å². The molecule has 7 heteroatoms. The molecule has 0 spiro atoms. The lowest BCUT2D eigenvalue weighted by molar-refractivity contribution is -0.118. The molecular weight excluding hydrogens is 394 g/mol. The lowest BCUT2D eigenvalue weighted by Gasteiger charge is -2.36. The molecule has 1 aliphatic heterocycles. The largest absolute Gasteiger partial charge is 0.484 e. The van der Waals surface area contributed by atoms with Crippen LogP contribution in [0.5, 0.6) is 5.75 Å². The smallest absolute Gasteiger partial charge is 0.337 e. The third-order valence-electron chi connectivity index (χ3n) is 5.70. The summed E-state index contributed by atoms with van der Waals surface area (Å²) in [6.07, 6.45) is 0. The average Bonchev–Trinajstić information content (AvgIpc) is 2.79. The van der Waals surface area contributed by atoms with Gasteiger partial charge in [-0.2, -0.15) is 0 Å². The first-order chi connectivity index (χ1) is 14.9. The van der Waals surface area contributed by atoms with Crippen molar-refractivity contribution in [1.82, 2.24) is 4.90 Å². The third kappa shape index (κ3) is 5.76. The summed E-state index contributed by atoms with van der Waals surface area (Å²) in [5.41, 5.74) is 4.15. The number of carbonyl (C=O) groups is 2. The molecule has 0 saturated carbocycles. The zero-order chi connectivity index (χ0) is 22.4. The zero-order valence-corrected chi connectivity index (χ0v) is 18.7. The molecule has 2 aromatic carbocycles. The van der Waals surface area contributed by atoms with Gasteiger partial charge in [-0.25, -0.2) is 4.79 Å². The molecule has 0 aromatic heterocycles. The number of esters is 1. The summed E-state index contributed by atoms with van der Waals surface area (Å²) in [7, 11) is 1.34. The van der Waals surface area contributed by atoms with Crippen molar-refractivity contribution in [3.8, 4) is 5.75 Å². The van der Waals surface area contributed by atoms with Gasteiger partial charge in [-0.3, -0.25) is 4.79 Å². The molecule has 1 N–H and O–H groups in total. The number of benzene rings is 2. The van der Waals surface area contributed by atoms with E-state index in [-0.39, 0.29) is 12.5 Å². The number of nitrogens with zero attached hydrogens (tertiary/aromatic N) is 2. The van der Waals surface area contributed by atoms with Crippen LogP contribution in [0.15, 0.2) is 36.4 Å². The molecule has 3 rings (SSSR count). The molecule has 166 valence electrons. The number of aryl methyl sites for hydroxylation is 2. The van der Waals surface area contributed by atoms with Crippen LogP contribution in [0.3, 0.4) is 0 Å². The van der Waals surface area contributed by atoms with Crippen molar-refractivity contribution in [3.05, 3.63) is 53.1 Å². The summed E-state index contributed by atoms with van der Waals surface area (Å²) in [5, 5.41) is 2.92. The molecule has 0 radical (unpaired) electrons. The highest BCUT2D eigenvalue weighted by atomic mass is 16.5. The van der Waals surface area contributed by atoms with Gasteiger partial charge in [-0.15, -0.1) is 0 Å². The lowest BCUT2D eigenvalue weighted by atomic mass is 10.1. The van der Waals surface area contributed by atoms with Gasteiger partial charge in [0.2, 0.25) is 0 Å². The van der Waals surface area contributed by atoms with Crippen LogP contribution < -0.4 is 15.0 Å². The highest BCUT2D eigenvalue weighted by Gasteiger charge is 2.21. The first kappa shape index (κ1) is 22.6. The first-order valence-electron chi connectivity index (χ1n) is 10.6. The van der Waals surface area contributed by atoms with Gasteiger partial charge >= 0.3 is 5.97 Å². The maximum absolute atomic E-state index is 12.6. The number of ether oxygens (including phenoxy) is 2. The summed E-state index contributed by atoms with van der Waals surface area (Å²) in [6, 6.07) is 11.0. The number of anilines is 2. The van der Waals surface area contributed by atoms with Crippen LogP contribution in [-0.4, -0.2) is 63.2 Å². The molecule has 0 aliphatic carbocycles. The minimum absolute atomic E-state index is 0.117. The molecule has 1 fully saturated rings. The second kappa shape index (κ2) is 10.3. The number of likely N-dealkylation sites (N-methyl/N-ethyl adjacent to an activating group) is 1. The van der Waals surface area contributed by atoms with E-state index in [1.54, 1.807) is 12.1 Å². The van der Waals surface area contributed by atoms with Crippen LogP contribution in [0.4, 0.5) is 11.4 Å². The summed E-state index contributed by atoms with van der Waals surface area (Å²) < 4.78 is 10.5. The summed E-state index contributed by atoms with van der Waals surface area (Å²) in [5.74, 6) is -0.0737. The molecule has 0 bridgehead atoms.